The minimum Gasteiger partial charge on any atom is -0.404 e. The fourth-order valence-corrected chi connectivity index (χ4v) is 3.79. The minimum atomic E-state index is -4.91. The van der Waals surface area contributed by atoms with Crippen LogP contribution in [0, 0.1) is 0 Å². The number of hydrogen-bond acceptors (Lipinski definition) is 7. The van der Waals surface area contributed by atoms with Crippen molar-refractivity contribution < 1.29 is 17.9 Å². The molecule has 0 radical (unpaired) electrons. The zero-order chi connectivity index (χ0) is 22.3. The van der Waals surface area contributed by atoms with Crippen molar-refractivity contribution in [2.24, 2.45) is 5.73 Å². The third-order valence-corrected chi connectivity index (χ3v) is 5.52. The molecule has 2 aromatic heterocycles. The molecule has 0 amide bonds. The number of rotatable bonds is 4. The second kappa shape index (κ2) is 8.17. The number of H-pyrrole nitrogens is 1. The lowest BCUT2D eigenvalue weighted by atomic mass is 10.2. The van der Waals surface area contributed by atoms with E-state index in [1.54, 1.807) is 0 Å². The Morgan fingerprint density at radius 2 is 2.13 bits per heavy atom. The lowest BCUT2D eigenvalue weighted by Gasteiger charge is -2.18. The summed E-state index contributed by atoms with van der Waals surface area (Å²) in [7, 11) is 0. The quantitative estimate of drug-likeness (QED) is 0.479. The van der Waals surface area contributed by atoms with Crippen LogP contribution in [0.25, 0.3) is 10.9 Å². The highest BCUT2D eigenvalue weighted by atomic mass is 79.9. The van der Waals surface area contributed by atoms with Crippen LogP contribution in [0.4, 0.5) is 30.6 Å². The van der Waals surface area contributed by atoms with Gasteiger partial charge in [0.05, 0.1) is 15.0 Å². The van der Waals surface area contributed by atoms with E-state index >= 15 is 0 Å². The molecule has 4 rings (SSSR count). The average Bonchev–Trinajstić information content (AvgIpc) is 3.12. The molecule has 31 heavy (non-hydrogen) atoms. The van der Waals surface area contributed by atoms with Gasteiger partial charge in [0.1, 0.15) is 17.0 Å². The molecule has 1 aliphatic heterocycles. The van der Waals surface area contributed by atoms with Gasteiger partial charge >= 0.3 is 6.36 Å². The van der Waals surface area contributed by atoms with Crippen LogP contribution in [0.3, 0.4) is 0 Å². The average molecular weight is 520 g/mol. The van der Waals surface area contributed by atoms with Crippen molar-refractivity contribution in [3.8, 4) is 5.75 Å². The summed E-state index contributed by atoms with van der Waals surface area (Å²) in [6.07, 6.45) is -2.69. The van der Waals surface area contributed by atoms with E-state index in [-0.39, 0.29) is 28.0 Å². The molecule has 8 nitrogen and oxygen atoms in total. The third kappa shape index (κ3) is 4.70. The van der Waals surface area contributed by atoms with Crippen LogP contribution in [0.1, 0.15) is 6.42 Å². The summed E-state index contributed by atoms with van der Waals surface area (Å²) in [6, 6.07) is 3.73. The topological polar surface area (TPSA) is 109 Å². The Morgan fingerprint density at radius 1 is 1.35 bits per heavy atom. The van der Waals surface area contributed by atoms with Gasteiger partial charge in [0, 0.05) is 37.1 Å². The number of alkyl halides is 3. The van der Waals surface area contributed by atoms with Gasteiger partial charge < -0.3 is 25.7 Å². The maximum Gasteiger partial charge on any atom is 0.573 e. The molecule has 3 aromatic rings. The molecule has 1 fully saturated rings. The monoisotopic (exact) mass is 518 g/mol. The van der Waals surface area contributed by atoms with E-state index in [4.69, 9.17) is 17.3 Å². The van der Waals surface area contributed by atoms with E-state index in [0.717, 1.165) is 12.5 Å². The van der Waals surface area contributed by atoms with Gasteiger partial charge in [-0.15, -0.1) is 13.2 Å². The van der Waals surface area contributed by atoms with Crippen molar-refractivity contribution in [3.63, 3.8) is 0 Å². The molecule has 1 aromatic carbocycles. The van der Waals surface area contributed by atoms with Gasteiger partial charge in [0.15, 0.2) is 0 Å². The van der Waals surface area contributed by atoms with E-state index in [2.05, 4.69) is 40.9 Å². The fourth-order valence-electron chi connectivity index (χ4n) is 3.23. The number of aromatic amines is 1. The van der Waals surface area contributed by atoms with Crippen LogP contribution in [0.2, 0.25) is 5.02 Å². The number of ether oxygens (including phenoxy) is 1. The number of nitrogens with zero attached hydrogens (tertiary/aromatic N) is 3. The van der Waals surface area contributed by atoms with Crippen molar-refractivity contribution in [2.75, 3.05) is 23.3 Å². The molecule has 0 aliphatic carbocycles. The Morgan fingerprint density at radius 3 is 2.81 bits per heavy atom. The normalized spacial score (nSPS) is 16.7. The van der Waals surface area contributed by atoms with Crippen molar-refractivity contribution >= 4 is 55.9 Å². The van der Waals surface area contributed by atoms with Crippen LogP contribution in [-0.4, -0.2) is 40.4 Å². The van der Waals surface area contributed by atoms with Crippen LogP contribution >= 0.6 is 27.5 Å². The molecule has 3 heterocycles. The van der Waals surface area contributed by atoms with Crippen molar-refractivity contribution in [2.45, 2.75) is 18.8 Å². The zero-order valence-corrected chi connectivity index (χ0v) is 18.0. The zero-order valence-electron chi connectivity index (χ0n) is 15.6. The molecular weight excluding hydrogens is 505 g/mol. The molecule has 1 saturated heterocycles. The van der Waals surface area contributed by atoms with E-state index in [1.807, 2.05) is 4.90 Å². The predicted octanol–water partition coefficient (Wildman–Crippen LogP) is 3.91. The smallest absolute Gasteiger partial charge is 0.404 e. The lowest BCUT2D eigenvalue weighted by molar-refractivity contribution is -0.274. The Labute approximate surface area is 186 Å². The summed E-state index contributed by atoms with van der Waals surface area (Å²) in [4.78, 5) is 25.9. The lowest BCUT2D eigenvalue weighted by Crippen LogP contribution is -2.28. The summed E-state index contributed by atoms with van der Waals surface area (Å²) in [5, 5.41) is 2.80. The number of fused-ring (bicyclic) bond motifs is 1. The van der Waals surface area contributed by atoms with Gasteiger partial charge in [-0.25, -0.2) is 4.98 Å². The highest BCUT2D eigenvalue weighted by Gasteiger charge is 2.32. The van der Waals surface area contributed by atoms with Gasteiger partial charge in [-0.1, -0.05) is 11.6 Å². The highest BCUT2D eigenvalue weighted by Crippen LogP contribution is 2.35. The maximum absolute atomic E-state index is 12.7. The molecule has 164 valence electrons. The number of benzene rings is 1. The minimum absolute atomic E-state index is 0.0309. The number of pyridine rings is 1. The predicted molar refractivity (Wildman–Crippen MR) is 114 cm³/mol. The molecule has 4 N–H and O–H groups in total. The first-order valence-corrected chi connectivity index (χ1v) is 10.2. The number of aromatic nitrogens is 3. The summed E-state index contributed by atoms with van der Waals surface area (Å²) in [6.45, 7) is 1.17. The van der Waals surface area contributed by atoms with Crippen LogP contribution < -0.4 is 26.2 Å². The first kappa shape index (κ1) is 21.7. The van der Waals surface area contributed by atoms with Crippen LogP contribution in [0.5, 0.6) is 5.75 Å². The first-order valence-electron chi connectivity index (χ1n) is 9.02. The van der Waals surface area contributed by atoms with E-state index in [0.29, 0.717) is 29.0 Å². The molecule has 13 heteroatoms. The maximum atomic E-state index is 12.7. The Hall–Kier alpha value is -2.57. The van der Waals surface area contributed by atoms with E-state index in [9.17, 15) is 18.0 Å². The highest BCUT2D eigenvalue weighted by molar-refractivity contribution is 9.10. The standard InChI is InChI=1S/C18H15BrClF3N6O2/c19-10-6-25-16(30)13-14(10)27-17(29-4-3-8(24)7-29)28-15(13)26-9-1-2-11(20)12(5-9)31-18(21,22)23/h1-2,5-6,8H,3-4,7,24H2,(H,25,30)(H,26,27,28). The van der Waals surface area contributed by atoms with Crippen molar-refractivity contribution in [1.82, 2.24) is 15.0 Å². The molecule has 1 unspecified atom stereocenters. The SMILES string of the molecule is NC1CCN(c2nc(Nc3ccc(Cl)c(OC(F)(F)F)c3)c3c(=O)[nH]cc(Br)c3n2)C1. The summed E-state index contributed by atoms with van der Waals surface area (Å²) in [5.74, 6) is -0.128. The summed E-state index contributed by atoms with van der Waals surface area (Å²) >= 11 is 9.18. The van der Waals surface area contributed by atoms with Crippen LogP contribution in [0.15, 0.2) is 33.7 Å². The van der Waals surface area contributed by atoms with Gasteiger partial charge in [-0.2, -0.15) is 4.98 Å². The van der Waals surface area contributed by atoms with Crippen molar-refractivity contribution in [3.05, 3.63) is 44.2 Å². The second-order valence-corrected chi connectivity index (χ2v) is 8.14. The van der Waals surface area contributed by atoms with Gasteiger partial charge in [-0.3, -0.25) is 4.79 Å². The first-order chi connectivity index (χ1) is 14.6. The largest absolute Gasteiger partial charge is 0.573 e. The number of anilines is 3. The van der Waals surface area contributed by atoms with Crippen molar-refractivity contribution in [1.29, 1.82) is 0 Å². The summed E-state index contributed by atoms with van der Waals surface area (Å²) in [5.41, 5.74) is 6.04. The summed E-state index contributed by atoms with van der Waals surface area (Å²) < 4.78 is 42.4. The van der Waals surface area contributed by atoms with Crippen LogP contribution in [-0.2, 0) is 0 Å². The number of hydrogen-bond donors (Lipinski definition) is 3. The molecule has 0 spiro atoms. The Kier molecular flexibility index (Phi) is 5.71. The molecule has 1 aliphatic rings. The molecule has 0 bridgehead atoms. The number of halogens is 5. The molecule has 0 saturated carbocycles. The van der Waals surface area contributed by atoms with Gasteiger partial charge in [-0.05, 0) is 34.5 Å². The number of nitrogens with two attached hydrogens (primary N) is 1. The molecule has 1 atom stereocenters. The van der Waals surface area contributed by atoms with E-state index in [1.165, 1.54) is 18.3 Å². The second-order valence-electron chi connectivity index (χ2n) is 6.87. The molecular formula is C18H15BrClF3N6O2. The third-order valence-electron chi connectivity index (χ3n) is 4.61. The van der Waals surface area contributed by atoms with Gasteiger partial charge in [0.25, 0.3) is 5.56 Å². The fraction of sp³-hybridized carbons (Fsp3) is 0.278. The Balaban J connectivity index is 1.80. The number of nitrogens with one attached hydrogen (secondary N) is 2. The van der Waals surface area contributed by atoms with E-state index < -0.39 is 17.7 Å². The van der Waals surface area contributed by atoms with Gasteiger partial charge in [0.2, 0.25) is 5.95 Å². The Bertz CT molecular complexity index is 1210.